The van der Waals surface area contributed by atoms with Gasteiger partial charge in [-0.1, -0.05) is 12.1 Å². The van der Waals surface area contributed by atoms with Crippen LogP contribution in [0.15, 0.2) is 47.1 Å². The Morgan fingerprint density at radius 3 is 2.86 bits per heavy atom. The minimum atomic E-state index is -0.867. The molecule has 0 radical (unpaired) electrons. The van der Waals surface area contributed by atoms with Gasteiger partial charge in [-0.25, -0.2) is 9.78 Å². The first kappa shape index (κ1) is 17.8. The summed E-state index contributed by atoms with van der Waals surface area (Å²) in [5, 5.41) is 5.30. The number of nitrogens with one attached hydrogen (secondary N) is 3. The van der Waals surface area contributed by atoms with E-state index >= 15 is 0 Å². The van der Waals surface area contributed by atoms with E-state index in [0.29, 0.717) is 18.7 Å². The molecule has 9 nitrogen and oxygen atoms in total. The number of rotatable bonds is 7. The van der Waals surface area contributed by atoms with Gasteiger partial charge in [0.2, 0.25) is 5.91 Å². The van der Waals surface area contributed by atoms with Crippen molar-refractivity contribution in [3.63, 3.8) is 0 Å². The summed E-state index contributed by atoms with van der Waals surface area (Å²) < 4.78 is 5.16. The van der Waals surface area contributed by atoms with Gasteiger partial charge in [-0.3, -0.25) is 14.5 Å². The zero-order valence-electron chi connectivity index (χ0n) is 15.0. The largest absolute Gasteiger partial charge is 0.467 e. The van der Waals surface area contributed by atoms with Gasteiger partial charge >= 0.3 is 6.03 Å². The summed E-state index contributed by atoms with van der Waals surface area (Å²) in [7, 11) is 0. The van der Waals surface area contributed by atoms with E-state index in [0.717, 1.165) is 21.8 Å². The van der Waals surface area contributed by atoms with Gasteiger partial charge in [0.05, 0.1) is 30.3 Å². The molecule has 4 amide bonds. The molecule has 1 aliphatic rings. The lowest BCUT2D eigenvalue weighted by Crippen LogP contribution is -2.37. The lowest BCUT2D eigenvalue weighted by atomic mass is 10.2. The zero-order chi connectivity index (χ0) is 19.5. The number of furan rings is 1. The van der Waals surface area contributed by atoms with Crippen LogP contribution >= 0.6 is 0 Å². The number of nitrogens with zero attached hydrogens (tertiary/aromatic N) is 2. The van der Waals surface area contributed by atoms with Crippen molar-refractivity contribution in [1.29, 1.82) is 0 Å². The first-order valence-electron chi connectivity index (χ1n) is 8.95. The molecule has 1 unspecified atom stereocenters. The monoisotopic (exact) mass is 381 g/mol. The van der Waals surface area contributed by atoms with Crippen molar-refractivity contribution in [2.75, 3.05) is 6.54 Å². The molecule has 4 rings (SSSR count). The lowest BCUT2D eigenvalue weighted by molar-refractivity contribution is -0.131. The number of aromatic nitrogens is 2. The van der Waals surface area contributed by atoms with E-state index in [1.165, 1.54) is 6.26 Å². The van der Waals surface area contributed by atoms with Crippen LogP contribution in [0.4, 0.5) is 4.79 Å². The molecule has 3 heterocycles. The van der Waals surface area contributed by atoms with E-state index in [2.05, 4.69) is 20.6 Å². The van der Waals surface area contributed by atoms with Crippen molar-refractivity contribution in [2.24, 2.45) is 0 Å². The molecule has 0 aliphatic carbocycles. The lowest BCUT2D eigenvalue weighted by Gasteiger charge is -2.11. The van der Waals surface area contributed by atoms with Gasteiger partial charge in [-0.15, -0.1) is 0 Å². The van der Waals surface area contributed by atoms with E-state index < -0.39 is 18.0 Å². The molecule has 9 heteroatoms. The highest BCUT2D eigenvalue weighted by Gasteiger charge is 2.39. The predicted molar refractivity (Wildman–Crippen MR) is 99.0 cm³/mol. The SMILES string of the molecule is O=C(CC1NC(=O)N(Cc2ccco2)C1=O)NCCc1nc2ccccc2[nH]1. The highest BCUT2D eigenvalue weighted by Crippen LogP contribution is 2.14. The Hall–Kier alpha value is -3.62. The highest BCUT2D eigenvalue weighted by molar-refractivity contribution is 6.05. The summed E-state index contributed by atoms with van der Waals surface area (Å²) >= 11 is 0. The van der Waals surface area contributed by atoms with Crippen LogP contribution in [0.1, 0.15) is 18.0 Å². The van der Waals surface area contributed by atoms with Crippen molar-refractivity contribution in [1.82, 2.24) is 25.5 Å². The van der Waals surface area contributed by atoms with Crippen molar-refractivity contribution in [3.05, 3.63) is 54.2 Å². The molecular weight excluding hydrogens is 362 g/mol. The van der Waals surface area contributed by atoms with E-state index in [4.69, 9.17) is 4.42 Å². The molecule has 0 saturated carbocycles. The standard InChI is InChI=1S/C19H19N5O4/c25-17(20-8-7-16-21-13-5-1-2-6-14(13)22-16)10-15-18(26)24(19(27)23-15)11-12-4-3-9-28-12/h1-6,9,15H,7-8,10-11H2,(H,20,25)(H,21,22)(H,23,27). The average molecular weight is 381 g/mol. The Morgan fingerprint density at radius 1 is 1.21 bits per heavy atom. The zero-order valence-corrected chi connectivity index (χ0v) is 15.0. The van der Waals surface area contributed by atoms with Crippen LogP contribution in [0, 0.1) is 0 Å². The fourth-order valence-corrected chi connectivity index (χ4v) is 3.13. The van der Waals surface area contributed by atoms with Crippen molar-refractivity contribution < 1.29 is 18.8 Å². The molecule has 3 N–H and O–H groups in total. The number of amides is 4. The topological polar surface area (TPSA) is 120 Å². The van der Waals surface area contributed by atoms with Gasteiger partial charge in [0.15, 0.2) is 0 Å². The summed E-state index contributed by atoms with van der Waals surface area (Å²) in [4.78, 5) is 45.2. The predicted octanol–water partition coefficient (Wildman–Crippen LogP) is 1.33. The second-order valence-electron chi connectivity index (χ2n) is 6.51. The fraction of sp³-hybridized carbons (Fsp3) is 0.263. The Balaban J connectivity index is 1.26. The van der Waals surface area contributed by atoms with Crippen LogP contribution in [-0.2, 0) is 22.6 Å². The van der Waals surface area contributed by atoms with E-state index in [1.54, 1.807) is 12.1 Å². The van der Waals surface area contributed by atoms with Crippen LogP contribution in [0.5, 0.6) is 0 Å². The first-order valence-corrected chi connectivity index (χ1v) is 8.95. The maximum atomic E-state index is 12.4. The molecular formula is C19H19N5O4. The fourth-order valence-electron chi connectivity index (χ4n) is 3.13. The Kier molecular flexibility index (Phi) is 4.79. The Labute approximate surface area is 160 Å². The van der Waals surface area contributed by atoms with Crippen LogP contribution < -0.4 is 10.6 Å². The minimum Gasteiger partial charge on any atom is -0.467 e. The molecule has 144 valence electrons. The molecule has 0 bridgehead atoms. The number of hydrogen-bond donors (Lipinski definition) is 3. The summed E-state index contributed by atoms with van der Waals surface area (Å²) in [5.74, 6) is 0.527. The smallest absolute Gasteiger partial charge is 0.325 e. The molecule has 1 fully saturated rings. The third-order valence-corrected chi connectivity index (χ3v) is 4.51. The van der Waals surface area contributed by atoms with Gasteiger partial charge in [0.1, 0.15) is 17.6 Å². The molecule has 28 heavy (non-hydrogen) atoms. The van der Waals surface area contributed by atoms with Gasteiger partial charge < -0.3 is 20.0 Å². The van der Waals surface area contributed by atoms with Crippen LogP contribution in [0.25, 0.3) is 11.0 Å². The van der Waals surface area contributed by atoms with E-state index in [9.17, 15) is 14.4 Å². The third-order valence-electron chi connectivity index (χ3n) is 4.51. The number of imidazole rings is 1. The second kappa shape index (κ2) is 7.55. The maximum absolute atomic E-state index is 12.4. The number of urea groups is 1. The number of H-pyrrole nitrogens is 1. The Bertz CT molecular complexity index is 977. The molecule has 1 atom stereocenters. The number of carbonyl (C=O) groups is 3. The number of aromatic amines is 1. The van der Waals surface area contributed by atoms with Gasteiger partial charge in [0, 0.05) is 13.0 Å². The van der Waals surface area contributed by atoms with Crippen molar-refractivity contribution in [3.8, 4) is 0 Å². The van der Waals surface area contributed by atoms with Crippen LogP contribution in [-0.4, -0.2) is 45.3 Å². The molecule has 2 aromatic heterocycles. The number of hydrogen-bond acceptors (Lipinski definition) is 5. The normalized spacial score (nSPS) is 16.6. The van der Waals surface area contributed by atoms with Crippen molar-refractivity contribution >= 4 is 28.9 Å². The summed E-state index contributed by atoms with van der Waals surface area (Å²) in [5.41, 5.74) is 1.82. The first-order chi connectivity index (χ1) is 13.6. The number of fused-ring (bicyclic) bond motifs is 1. The summed E-state index contributed by atoms with van der Waals surface area (Å²) in [6, 6.07) is 9.66. The van der Waals surface area contributed by atoms with Gasteiger partial charge in [0.25, 0.3) is 5.91 Å². The van der Waals surface area contributed by atoms with Crippen LogP contribution in [0.3, 0.4) is 0 Å². The average Bonchev–Trinajstić information content (AvgIpc) is 3.38. The molecule has 0 spiro atoms. The van der Waals surface area contributed by atoms with E-state index in [1.807, 2.05) is 24.3 Å². The quantitative estimate of drug-likeness (QED) is 0.533. The number of imide groups is 1. The van der Waals surface area contributed by atoms with Gasteiger partial charge in [-0.2, -0.15) is 0 Å². The van der Waals surface area contributed by atoms with Gasteiger partial charge in [-0.05, 0) is 24.3 Å². The number of benzene rings is 1. The third kappa shape index (κ3) is 3.73. The number of para-hydroxylation sites is 2. The maximum Gasteiger partial charge on any atom is 0.325 e. The summed E-state index contributed by atoms with van der Waals surface area (Å²) in [6.45, 7) is 0.422. The van der Waals surface area contributed by atoms with Crippen molar-refractivity contribution in [2.45, 2.75) is 25.4 Å². The molecule has 1 aliphatic heterocycles. The molecule has 3 aromatic rings. The Morgan fingerprint density at radius 2 is 2.07 bits per heavy atom. The van der Waals surface area contributed by atoms with Crippen LogP contribution in [0.2, 0.25) is 0 Å². The molecule has 1 aromatic carbocycles. The van der Waals surface area contributed by atoms with E-state index in [-0.39, 0.29) is 18.9 Å². The summed E-state index contributed by atoms with van der Waals surface area (Å²) in [6.07, 6.45) is 1.90. The molecule has 1 saturated heterocycles. The second-order valence-corrected chi connectivity index (χ2v) is 6.51. The highest BCUT2D eigenvalue weighted by atomic mass is 16.3. The minimum absolute atomic E-state index is 0.0435. The number of carbonyl (C=O) groups excluding carboxylic acids is 3.